The molecule has 5 nitrogen and oxygen atoms in total. The summed E-state index contributed by atoms with van der Waals surface area (Å²) < 4.78 is 0. The van der Waals surface area contributed by atoms with Crippen molar-refractivity contribution in [3.63, 3.8) is 0 Å². The van der Waals surface area contributed by atoms with Crippen molar-refractivity contribution in [2.24, 2.45) is 0 Å². The van der Waals surface area contributed by atoms with Gasteiger partial charge >= 0.3 is 0 Å². The standard InChI is InChI=1S/C15H19BrN2O3/c1-11(18(20)21)7-12-8-13-3-6-17(5-2-4-16)15(13)14(9-12)10-19/h8-11H,2-7H2,1H3. The van der Waals surface area contributed by atoms with Gasteiger partial charge in [-0.05, 0) is 30.0 Å². The van der Waals surface area contributed by atoms with Gasteiger partial charge in [-0.3, -0.25) is 14.9 Å². The van der Waals surface area contributed by atoms with Gasteiger partial charge in [0.25, 0.3) is 0 Å². The minimum atomic E-state index is -0.631. The second-order valence-corrected chi connectivity index (χ2v) is 6.22. The number of rotatable bonds is 7. The molecule has 6 heteroatoms. The molecular weight excluding hydrogens is 336 g/mol. The predicted molar refractivity (Wildman–Crippen MR) is 86.3 cm³/mol. The van der Waals surface area contributed by atoms with Crippen LogP contribution < -0.4 is 4.90 Å². The summed E-state index contributed by atoms with van der Waals surface area (Å²) in [4.78, 5) is 24.1. The van der Waals surface area contributed by atoms with Crippen LogP contribution >= 0.6 is 15.9 Å². The van der Waals surface area contributed by atoms with Crippen LogP contribution in [0.15, 0.2) is 12.1 Å². The third-order valence-corrected chi connectivity index (χ3v) is 4.39. The van der Waals surface area contributed by atoms with Crippen LogP contribution in [-0.2, 0) is 12.8 Å². The highest BCUT2D eigenvalue weighted by Crippen LogP contribution is 2.33. The highest BCUT2D eigenvalue weighted by molar-refractivity contribution is 9.09. The zero-order chi connectivity index (χ0) is 15.4. The van der Waals surface area contributed by atoms with Crippen molar-refractivity contribution in [2.75, 3.05) is 23.3 Å². The predicted octanol–water partition coefficient (Wildman–Crippen LogP) is 2.85. The summed E-state index contributed by atoms with van der Waals surface area (Å²) in [7, 11) is 0. The molecule has 0 amide bonds. The largest absolute Gasteiger partial charge is 0.370 e. The van der Waals surface area contributed by atoms with Crippen LogP contribution in [0.1, 0.15) is 34.8 Å². The Morgan fingerprint density at radius 1 is 1.52 bits per heavy atom. The number of hydrogen-bond acceptors (Lipinski definition) is 4. The number of fused-ring (bicyclic) bond motifs is 1. The zero-order valence-corrected chi connectivity index (χ0v) is 13.6. The zero-order valence-electron chi connectivity index (χ0n) is 12.0. The molecule has 1 aliphatic heterocycles. The van der Waals surface area contributed by atoms with Crippen LogP contribution in [0.4, 0.5) is 5.69 Å². The molecule has 1 atom stereocenters. The molecule has 0 bridgehead atoms. The summed E-state index contributed by atoms with van der Waals surface area (Å²) in [5.74, 6) is 0. The van der Waals surface area contributed by atoms with Crippen molar-refractivity contribution >= 4 is 27.9 Å². The summed E-state index contributed by atoms with van der Waals surface area (Å²) in [5.41, 5.74) is 3.69. The molecule has 0 radical (unpaired) electrons. The minimum Gasteiger partial charge on any atom is -0.370 e. The molecule has 1 heterocycles. The first-order chi connectivity index (χ1) is 10.1. The topological polar surface area (TPSA) is 63.5 Å². The maximum atomic E-state index is 11.4. The first kappa shape index (κ1) is 15.9. The Bertz CT molecular complexity index is 548. The molecule has 0 saturated heterocycles. The molecule has 2 rings (SSSR count). The minimum absolute atomic E-state index is 0.282. The molecule has 1 aliphatic rings. The Balaban J connectivity index is 2.27. The van der Waals surface area contributed by atoms with E-state index in [0.717, 1.165) is 54.4 Å². The van der Waals surface area contributed by atoms with E-state index in [1.807, 2.05) is 6.07 Å². The summed E-state index contributed by atoms with van der Waals surface area (Å²) in [6.45, 7) is 3.43. The molecule has 1 aromatic carbocycles. The van der Waals surface area contributed by atoms with E-state index in [1.165, 1.54) is 0 Å². The number of nitrogens with zero attached hydrogens (tertiary/aromatic N) is 2. The quantitative estimate of drug-likeness (QED) is 0.327. The second-order valence-electron chi connectivity index (χ2n) is 5.43. The van der Waals surface area contributed by atoms with Crippen molar-refractivity contribution in [3.05, 3.63) is 38.9 Å². The summed E-state index contributed by atoms with van der Waals surface area (Å²) >= 11 is 3.42. The average Bonchev–Trinajstić information content (AvgIpc) is 2.87. The van der Waals surface area contributed by atoms with Gasteiger partial charge in [0.05, 0.1) is 5.69 Å². The first-order valence-corrected chi connectivity index (χ1v) is 8.24. The lowest BCUT2D eigenvalue weighted by atomic mass is 9.99. The van der Waals surface area contributed by atoms with Gasteiger partial charge < -0.3 is 4.90 Å². The van der Waals surface area contributed by atoms with E-state index in [1.54, 1.807) is 13.0 Å². The number of hydrogen-bond donors (Lipinski definition) is 0. The van der Waals surface area contributed by atoms with Crippen molar-refractivity contribution in [3.8, 4) is 0 Å². The highest BCUT2D eigenvalue weighted by atomic mass is 79.9. The lowest BCUT2D eigenvalue weighted by Crippen LogP contribution is -2.23. The van der Waals surface area contributed by atoms with Gasteiger partial charge in [-0.25, -0.2) is 0 Å². The highest BCUT2D eigenvalue weighted by Gasteiger charge is 2.24. The number of anilines is 1. The molecule has 0 aliphatic carbocycles. The summed E-state index contributed by atoms with van der Waals surface area (Å²) in [6.07, 6.45) is 3.16. The van der Waals surface area contributed by atoms with Crippen molar-refractivity contribution in [2.45, 2.75) is 32.2 Å². The first-order valence-electron chi connectivity index (χ1n) is 7.12. The van der Waals surface area contributed by atoms with Gasteiger partial charge in [-0.2, -0.15) is 0 Å². The van der Waals surface area contributed by atoms with E-state index in [4.69, 9.17) is 0 Å². The molecule has 0 N–H and O–H groups in total. The van der Waals surface area contributed by atoms with E-state index >= 15 is 0 Å². The molecule has 1 unspecified atom stereocenters. The molecule has 0 aromatic heterocycles. The average molecular weight is 355 g/mol. The van der Waals surface area contributed by atoms with Crippen LogP contribution in [0, 0.1) is 10.1 Å². The maximum Gasteiger partial charge on any atom is 0.214 e. The van der Waals surface area contributed by atoms with Crippen molar-refractivity contribution in [1.82, 2.24) is 0 Å². The normalized spacial score (nSPS) is 14.9. The third kappa shape index (κ3) is 3.61. The number of alkyl halides is 1. The van der Waals surface area contributed by atoms with Gasteiger partial charge in [0.15, 0.2) is 6.29 Å². The molecule has 21 heavy (non-hydrogen) atoms. The van der Waals surface area contributed by atoms with Crippen LogP contribution in [0.3, 0.4) is 0 Å². The van der Waals surface area contributed by atoms with E-state index in [9.17, 15) is 14.9 Å². The van der Waals surface area contributed by atoms with Gasteiger partial charge in [0.1, 0.15) is 0 Å². The molecule has 1 aromatic rings. The van der Waals surface area contributed by atoms with E-state index < -0.39 is 6.04 Å². The van der Waals surface area contributed by atoms with Crippen LogP contribution in [-0.4, -0.2) is 35.7 Å². The Hall–Kier alpha value is -1.43. The number of halogens is 1. The molecule has 114 valence electrons. The van der Waals surface area contributed by atoms with E-state index in [0.29, 0.717) is 12.0 Å². The SMILES string of the molecule is CC(Cc1cc(C=O)c2c(c1)CCN2CCCBr)[N+](=O)[O-]. The van der Waals surface area contributed by atoms with Crippen LogP contribution in [0.25, 0.3) is 0 Å². The van der Waals surface area contributed by atoms with Gasteiger partial charge in [0, 0.05) is 42.3 Å². The van der Waals surface area contributed by atoms with E-state index in [-0.39, 0.29) is 4.92 Å². The fourth-order valence-electron chi connectivity index (χ4n) is 2.83. The van der Waals surface area contributed by atoms with Crippen molar-refractivity contribution < 1.29 is 9.72 Å². The number of carbonyl (C=O) groups is 1. The molecule has 0 fully saturated rings. The number of carbonyl (C=O) groups excluding carboxylic acids is 1. The van der Waals surface area contributed by atoms with Crippen LogP contribution in [0.2, 0.25) is 0 Å². The lowest BCUT2D eigenvalue weighted by molar-refractivity contribution is -0.517. The number of benzene rings is 1. The smallest absolute Gasteiger partial charge is 0.214 e. The number of nitro groups is 1. The van der Waals surface area contributed by atoms with Crippen molar-refractivity contribution in [1.29, 1.82) is 0 Å². The van der Waals surface area contributed by atoms with Gasteiger partial charge in [-0.1, -0.05) is 22.0 Å². The third-order valence-electron chi connectivity index (χ3n) is 3.83. The molecule has 0 spiro atoms. The molecular formula is C15H19BrN2O3. The Morgan fingerprint density at radius 2 is 2.29 bits per heavy atom. The Labute approximate surface area is 132 Å². The monoisotopic (exact) mass is 354 g/mol. The van der Waals surface area contributed by atoms with Crippen LogP contribution in [0.5, 0.6) is 0 Å². The van der Waals surface area contributed by atoms with Gasteiger partial charge in [-0.15, -0.1) is 0 Å². The molecule has 0 saturated carbocycles. The second kappa shape index (κ2) is 7.02. The Kier molecular flexibility index (Phi) is 5.33. The number of aldehydes is 1. The van der Waals surface area contributed by atoms with Gasteiger partial charge in [0.2, 0.25) is 6.04 Å². The fraction of sp³-hybridized carbons (Fsp3) is 0.533. The summed E-state index contributed by atoms with van der Waals surface area (Å²) in [5, 5.41) is 11.7. The fourth-order valence-corrected chi connectivity index (χ4v) is 3.08. The summed E-state index contributed by atoms with van der Waals surface area (Å²) in [6, 6.07) is 3.20. The Morgan fingerprint density at radius 3 is 2.90 bits per heavy atom. The van der Waals surface area contributed by atoms with E-state index in [2.05, 4.69) is 20.8 Å². The maximum absolute atomic E-state index is 11.4. The lowest BCUT2D eigenvalue weighted by Gasteiger charge is -2.21.